The van der Waals surface area contributed by atoms with Crippen LogP contribution in [0.5, 0.6) is 0 Å². The number of amides is 3. The monoisotopic (exact) mass is 283 g/mol. The zero-order valence-corrected chi connectivity index (χ0v) is 12.6. The number of nitrogens with one attached hydrogen (secondary N) is 2. The summed E-state index contributed by atoms with van der Waals surface area (Å²) in [6.07, 6.45) is 2.17. The van der Waals surface area contributed by atoms with Gasteiger partial charge in [-0.2, -0.15) is 0 Å². The van der Waals surface area contributed by atoms with Gasteiger partial charge in [0.1, 0.15) is 0 Å². The minimum atomic E-state index is -0.467. The molecule has 1 rings (SSSR count). The van der Waals surface area contributed by atoms with Crippen molar-refractivity contribution in [1.82, 2.24) is 15.5 Å². The lowest BCUT2D eigenvalue weighted by Gasteiger charge is -2.15. The van der Waals surface area contributed by atoms with Crippen molar-refractivity contribution in [2.45, 2.75) is 58.5 Å². The van der Waals surface area contributed by atoms with Crippen LogP contribution < -0.4 is 10.6 Å². The maximum Gasteiger partial charge on any atom is 0.246 e. The Labute approximate surface area is 120 Å². The number of likely N-dealkylation sites (tertiary alicyclic amines) is 1. The Bertz CT molecular complexity index is 371. The predicted molar refractivity (Wildman–Crippen MR) is 75.9 cm³/mol. The van der Waals surface area contributed by atoms with Crippen molar-refractivity contribution in [1.29, 1.82) is 0 Å². The minimum Gasteiger partial charge on any atom is -0.354 e. The summed E-state index contributed by atoms with van der Waals surface area (Å²) in [5, 5.41) is 5.86. The van der Waals surface area contributed by atoms with Gasteiger partial charge in [-0.3, -0.25) is 19.3 Å². The van der Waals surface area contributed by atoms with Crippen molar-refractivity contribution in [3.8, 4) is 0 Å². The molecule has 0 aromatic carbocycles. The van der Waals surface area contributed by atoms with Crippen molar-refractivity contribution in [2.24, 2.45) is 0 Å². The van der Waals surface area contributed by atoms with Gasteiger partial charge < -0.3 is 10.6 Å². The number of carbonyl (C=O) groups is 3. The van der Waals surface area contributed by atoms with Crippen LogP contribution in [0, 0.1) is 0 Å². The van der Waals surface area contributed by atoms with Gasteiger partial charge in [-0.1, -0.05) is 13.8 Å². The highest BCUT2D eigenvalue weighted by Gasteiger charge is 2.37. The van der Waals surface area contributed by atoms with Crippen molar-refractivity contribution in [3.63, 3.8) is 0 Å². The van der Waals surface area contributed by atoms with Crippen LogP contribution in [0.3, 0.4) is 0 Å². The lowest BCUT2D eigenvalue weighted by atomic mass is 10.2. The third kappa shape index (κ3) is 4.59. The maximum atomic E-state index is 11.9. The highest BCUT2D eigenvalue weighted by molar-refractivity contribution is 6.05. The number of rotatable bonds is 8. The molecule has 1 aliphatic rings. The second-order valence-electron chi connectivity index (χ2n) is 5.22. The van der Waals surface area contributed by atoms with E-state index in [-0.39, 0.29) is 30.2 Å². The third-order valence-corrected chi connectivity index (χ3v) is 3.45. The molecule has 2 atom stereocenters. The fourth-order valence-corrected chi connectivity index (χ4v) is 2.11. The third-order valence-electron chi connectivity index (χ3n) is 3.45. The summed E-state index contributed by atoms with van der Waals surface area (Å²) in [7, 11) is 0. The topological polar surface area (TPSA) is 78.5 Å². The van der Waals surface area contributed by atoms with Crippen LogP contribution in [0.2, 0.25) is 0 Å². The molecule has 2 N–H and O–H groups in total. The highest BCUT2D eigenvalue weighted by atomic mass is 16.2. The summed E-state index contributed by atoms with van der Waals surface area (Å²) in [5.74, 6) is -0.327. The highest BCUT2D eigenvalue weighted by Crippen LogP contribution is 2.13. The van der Waals surface area contributed by atoms with Crippen LogP contribution in [0.1, 0.15) is 46.5 Å². The van der Waals surface area contributed by atoms with Gasteiger partial charge in [0, 0.05) is 25.6 Å². The van der Waals surface area contributed by atoms with Gasteiger partial charge in [0.15, 0.2) is 0 Å². The molecule has 0 spiro atoms. The molecule has 1 aliphatic heterocycles. The van der Waals surface area contributed by atoms with Crippen molar-refractivity contribution >= 4 is 17.7 Å². The van der Waals surface area contributed by atoms with E-state index in [0.717, 1.165) is 12.8 Å². The fourth-order valence-electron chi connectivity index (χ4n) is 2.11. The molecule has 1 fully saturated rings. The molecular weight excluding hydrogens is 258 g/mol. The van der Waals surface area contributed by atoms with Crippen LogP contribution in [0.25, 0.3) is 0 Å². The molecule has 1 saturated heterocycles. The first-order chi connectivity index (χ1) is 9.49. The van der Waals surface area contributed by atoms with Crippen LogP contribution >= 0.6 is 0 Å². The van der Waals surface area contributed by atoms with E-state index in [1.807, 2.05) is 20.8 Å². The summed E-state index contributed by atoms with van der Waals surface area (Å²) in [6.45, 7) is 6.78. The number of imide groups is 1. The van der Waals surface area contributed by atoms with Gasteiger partial charge in [-0.05, 0) is 19.8 Å². The van der Waals surface area contributed by atoms with E-state index in [1.165, 1.54) is 4.90 Å². The Morgan fingerprint density at radius 2 is 2.10 bits per heavy atom. The molecule has 3 amide bonds. The van der Waals surface area contributed by atoms with E-state index in [9.17, 15) is 14.4 Å². The van der Waals surface area contributed by atoms with Crippen molar-refractivity contribution in [3.05, 3.63) is 0 Å². The van der Waals surface area contributed by atoms with Gasteiger partial charge in [0.25, 0.3) is 0 Å². The Hall–Kier alpha value is -1.43. The molecule has 0 aliphatic carbocycles. The molecule has 6 heteroatoms. The van der Waals surface area contributed by atoms with Gasteiger partial charge in [-0.15, -0.1) is 0 Å². The van der Waals surface area contributed by atoms with E-state index < -0.39 is 6.04 Å². The summed E-state index contributed by atoms with van der Waals surface area (Å²) in [5.41, 5.74) is 0. The van der Waals surface area contributed by atoms with Crippen LogP contribution in [0.15, 0.2) is 0 Å². The first kappa shape index (κ1) is 16.6. The molecule has 0 aromatic heterocycles. The Balaban J connectivity index is 2.31. The average Bonchev–Trinajstić information content (AvgIpc) is 2.67. The Morgan fingerprint density at radius 1 is 1.40 bits per heavy atom. The quantitative estimate of drug-likeness (QED) is 0.633. The molecule has 0 saturated carbocycles. The zero-order chi connectivity index (χ0) is 15.1. The lowest BCUT2D eigenvalue weighted by Crippen LogP contribution is -2.41. The molecule has 1 heterocycles. The maximum absolute atomic E-state index is 11.9. The van der Waals surface area contributed by atoms with Crippen molar-refractivity contribution in [2.75, 3.05) is 13.1 Å². The average molecular weight is 283 g/mol. The molecule has 114 valence electrons. The predicted octanol–water partition coefficient (Wildman–Crippen LogP) is 0.418. The SMILES string of the molecule is CCCN1C(=O)CC(NCCC(=O)NC(C)CC)C1=O. The van der Waals surface area contributed by atoms with Gasteiger partial charge in [-0.25, -0.2) is 0 Å². The van der Waals surface area contributed by atoms with Gasteiger partial charge in [0.2, 0.25) is 17.7 Å². The Kier molecular flexibility index (Phi) is 6.64. The normalized spacial score (nSPS) is 20.4. The molecule has 0 aromatic rings. The van der Waals surface area contributed by atoms with Crippen LogP contribution in [-0.4, -0.2) is 47.8 Å². The summed E-state index contributed by atoms with van der Waals surface area (Å²) in [6, 6.07) is -0.303. The smallest absolute Gasteiger partial charge is 0.246 e. The lowest BCUT2D eigenvalue weighted by molar-refractivity contribution is -0.139. The first-order valence-electron chi connectivity index (χ1n) is 7.36. The molecular formula is C14H25N3O3. The van der Waals surface area contributed by atoms with E-state index >= 15 is 0 Å². The summed E-state index contributed by atoms with van der Waals surface area (Å²) >= 11 is 0. The second-order valence-corrected chi connectivity index (χ2v) is 5.22. The van der Waals surface area contributed by atoms with Crippen molar-refractivity contribution < 1.29 is 14.4 Å². The van der Waals surface area contributed by atoms with E-state index in [0.29, 0.717) is 19.5 Å². The molecule has 0 radical (unpaired) electrons. The minimum absolute atomic E-state index is 0.0333. The fraction of sp³-hybridized carbons (Fsp3) is 0.786. The van der Waals surface area contributed by atoms with Gasteiger partial charge in [0.05, 0.1) is 12.5 Å². The van der Waals surface area contributed by atoms with Crippen LogP contribution in [0.4, 0.5) is 0 Å². The number of carbonyl (C=O) groups excluding carboxylic acids is 3. The first-order valence-corrected chi connectivity index (χ1v) is 7.36. The number of nitrogens with zero attached hydrogens (tertiary/aromatic N) is 1. The van der Waals surface area contributed by atoms with E-state index in [4.69, 9.17) is 0 Å². The largest absolute Gasteiger partial charge is 0.354 e. The standard InChI is InChI=1S/C14H25N3O3/c1-4-8-17-13(19)9-11(14(17)20)15-7-6-12(18)16-10(3)5-2/h10-11,15H,4-9H2,1-3H3,(H,16,18). The molecule has 0 bridgehead atoms. The number of hydrogen-bond donors (Lipinski definition) is 2. The summed E-state index contributed by atoms with van der Waals surface area (Å²) < 4.78 is 0. The molecule has 20 heavy (non-hydrogen) atoms. The number of hydrogen-bond acceptors (Lipinski definition) is 4. The van der Waals surface area contributed by atoms with E-state index in [2.05, 4.69) is 10.6 Å². The summed E-state index contributed by atoms with van der Waals surface area (Å²) in [4.78, 5) is 36.5. The Morgan fingerprint density at radius 3 is 2.70 bits per heavy atom. The zero-order valence-electron chi connectivity index (χ0n) is 12.6. The van der Waals surface area contributed by atoms with Gasteiger partial charge >= 0.3 is 0 Å². The molecule has 6 nitrogen and oxygen atoms in total. The van der Waals surface area contributed by atoms with E-state index in [1.54, 1.807) is 0 Å². The molecule has 2 unspecified atom stereocenters. The van der Waals surface area contributed by atoms with Crippen LogP contribution in [-0.2, 0) is 14.4 Å². The second kappa shape index (κ2) is 7.99.